The Morgan fingerprint density at radius 1 is 0.788 bits per heavy atom. The van der Waals surface area contributed by atoms with Crippen molar-refractivity contribution in [3.05, 3.63) is 129 Å². The molecule has 3 aliphatic heterocycles. The molecule has 0 saturated carbocycles. The lowest BCUT2D eigenvalue weighted by molar-refractivity contribution is -0.120. The first-order chi connectivity index (χ1) is 31.9. The van der Waals surface area contributed by atoms with Crippen molar-refractivity contribution in [1.29, 1.82) is 5.26 Å². The summed E-state index contributed by atoms with van der Waals surface area (Å²) in [7, 11) is 1.65. The van der Waals surface area contributed by atoms with Gasteiger partial charge in [-0.05, 0) is 96.5 Å². The quantitative estimate of drug-likeness (QED) is 0.0767. The van der Waals surface area contributed by atoms with Crippen molar-refractivity contribution in [3.63, 3.8) is 0 Å². The van der Waals surface area contributed by atoms with Gasteiger partial charge in [0.05, 0.1) is 16.8 Å². The Balaban J connectivity index is 1.00. The Morgan fingerprint density at radius 2 is 1.48 bits per heavy atom. The van der Waals surface area contributed by atoms with Gasteiger partial charge in [-0.3, -0.25) is 24.2 Å². The number of anilines is 1. The van der Waals surface area contributed by atoms with Crippen molar-refractivity contribution >= 4 is 40.9 Å². The Morgan fingerprint density at radius 3 is 2.21 bits per heavy atom. The molecule has 66 heavy (non-hydrogen) atoms. The Bertz CT molecular complexity index is 2720. The number of likely N-dealkylation sites (N-methyl/N-ethyl adjacent to an activating group) is 1. The summed E-state index contributed by atoms with van der Waals surface area (Å²) in [4.78, 5) is 57.9. The number of ether oxygens (including phenoxy) is 2. The van der Waals surface area contributed by atoms with E-state index in [9.17, 15) is 24.4 Å². The molecule has 340 valence electrons. The summed E-state index contributed by atoms with van der Waals surface area (Å²) in [6.07, 6.45) is 5.80. The maximum absolute atomic E-state index is 13.8. The van der Waals surface area contributed by atoms with Gasteiger partial charge in [0.25, 0.3) is 5.91 Å². The van der Waals surface area contributed by atoms with E-state index in [-0.39, 0.29) is 55.5 Å². The number of benzene rings is 4. The van der Waals surface area contributed by atoms with Gasteiger partial charge in [-0.25, -0.2) is 0 Å². The first-order valence-corrected chi connectivity index (χ1v) is 22.6. The van der Waals surface area contributed by atoms with E-state index in [2.05, 4.69) is 51.4 Å². The highest BCUT2D eigenvalue weighted by Crippen LogP contribution is 2.39. The van der Waals surface area contributed by atoms with E-state index in [1.165, 1.54) is 11.1 Å². The molecular formula is C51H53ClN8O6. The van der Waals surface area contributed by atoms with E-state index >= 15 is 0 Å². The van der Waals surface area contributed by atoms with Gasteiger partial charge < -0.3 is 40.5 Å². The number of rotatable bonds is 17. The van der Waals surface area contributed by atoms with Crippen molar-refractivity contribution in [2.75, 3.05) is 44.7 Å². The molecule has 5 aromatic rings. The summed E-state index contributed by atoms with van der Waals surface area (Å²) in [6.45, 7) is 6.99. The normalized spacial score (nSPS) is 17.0. The lowest BCUT2D eigenvalue weighted by atomic mass is 9.90. The van der Waals surface area contributed by atoms with E-state index in [1.54, 1.807) is 24.2 Å². The van der Waals surface area contributed by atoms with Crippen LogP contribution in [0.4, 0.5) is 5.69 Å². The highest BCUT2D eigenvalue weighted by molar-refractivity contribution is 6.31. The van der Waals surface area contributed by atoms with Crippen LogP contribution in [0.15, 0.2) is 85.2 Å². The lowest BCUT2D eigenvalue weighted by Crippen LogP contribution is -2.43. The van der Waals surface area contributed by atoms with Crippen LogP contribution in [0.5, 0.6) is 11.5 Å². The molecule has 2 atom stereocenters. The van der Waals surface area contributed by atoms with Crippen LogP contribution in [0.25, 0.3) is 22.3 Å². The molecule has 3 aliphatic rings. The number of nitrogens with zero attached hydrogens (tertiary/aromatic N) is 4. The zero-order valence-corrected chi connectivity index (χ0v) is 38.1. The zero-order valence-electron chi connectivity index (χ0n) is 37.3. The van der Waals surface area contributed by atoms with Crippen LogP contribution in [-0.4, -0.2) is 85.4 Å². The van der Waals surface area contributed by atoms with Gasteiger partial charge in [0.1, 0.15) is 37.3 Å². The summed E-state index contributed by atoms with van der Waals surface area (Å²) in [5, 5.41) is 22.7. The first-order valence-electron chi connectivity index (χ1n) is 22.3. The van der Waals surface area contributed by atoms with Crippen LogP contribution in [0.1, 0.15) is 69.4 Å². The average molecular weight is 909 g/mol. The van der Waals surface area contributed by atoms with Crippen LogP contribution >= 0.6 is 11.6 Å². The summed E-state index contributed by atoms with van der Waals surface area (Å²) in [5.41, 5.74) is 9.55. The van der Waals surface area contributed by atoms with E-state index in [0.717, 1.165) is 62.9 Å². The molecule has 0 bridgehead atoms. The highest BCUT2D eigenvalue weighted by atomic mass is 35.5. The Labute approximate surface area is 389 Å². The number of fused-ring (bicyclic) bond motifs is 1. The number of carbonyl (C=O) groups excluding carboxylic acids is 4. The van der Waals surface area contributed by atoms with Crippen molar-refractivity contribution in [1.82, 2.24) is 31.2 Å². The molecule has 4 heterocycles. The molecule has 8 rings (SSSR count). The lowest BCUT2D eigenvalue weighted by Gasteiger charge is -2.23. The van der Waals surface area contributed by atoms with Gasteiger partial charge in [-0.2, -0.15) is 5.26 Å². The molecule has 4 amide bonds. The minimum absolute atomic E-state index is 0.0297. The summed E-state index contributed by atoms with van der Waals surface area (Å²) < 4.78 is 12.9. The van der Waals surface area contributed by atoms with Gasteiger partial charge in [-0.1, -0.05) is 48.0 Å². The SMILES string of the molecule is Cc1c(OCc2cc(OCc3cncc(C#N)c3)c(CNC[C@@H]3CCC(=O)N3)cc2Cl)cccc1-c1cccc(-c2ccc3c(c2)C(=O)N(C)CC(=O)N3CCNC[C@@H]2CCC(=O)N2)c1C. The molecule has 1 aromatic heterocycles. The number of pyridine rings is 1. The van der Waals surface area contributed by atoms with Gasteiger partial charge >= 0.3 is 0 Å². The topological polar surface area (TPSA) is 178 Å². The van der Waals surface area contributed by atoms with E-state index in [0.29, 0.717) is 78.9 Å². The number of nitrogens with one attached hydrogen (secondary N) is 4. The minimum atomic E-state index is -0.220. The number of hydrogen-bond acceptors (Lipinski definition) is 10. The largest absolute Gasteiger partial charge is 0.489 e. The third-order valence-corrected chi connectivity index (χ3v) is 12.8. The fourth-order valence-corrected chi connectivity index (χ4v) is 9.07. The number of nitriles is 1. The van der Waals surface area contributed by atoms with E-state index in [1.807, 2.05) is 61.5 Å². The smallest absolute Gasteiger partial charge is 0.256 e. The summed E-state index contributed by atoms with van der Waals surface area (Å²) >= 11 is 6.93. The molecule has 2 fully saturated rings. The second kappa shape index (κ2) is 20.6. The molecule has 0 aliphatic carbocycles. The second-order valence-corrected chi connectivity index (χ2v) is 17.5. The predicted octanol–water partition coefficient (Wildman–Crippen LogP) is 6.37. The second-order valence-electron chi connectivity index (χ2n) is 17.1. The fourth-order valence-electron chi connectivity index (χ4n) is 8.83. The third kappa shape index (κ3) is 10.5. The van der Waals surface area contributed by atoms with Crippen LogP contribution in [-0.2, 0) is 34.1 Å². The standard InChI is InChI=1S/C51H53ClN8O6/c1-31-40(35-10-13-45-43(19-35)51(64)59(3)28-50(63)60(45)17-16-54-26-38-11-14-48(61)57-38)6-4-7-41(31)42-8-5-9-46(32(42)2)66-30-37-21-47(65-29-34-18-33(22-53)23-55-24-34)36(20-44(37)52)25-56-27-39-12-15-49(62)58-39/h4-10,13,18-21,23-24,38-39,54,56H,11-12,14-17,25-30H2,1-3H3,(H,57,61)(H,58,62)/t38-,39-/m0/s1. The van der Waals surface area contributed by atoms with Crippen LogP contribution in [0.3, 0.4) is 0 Å². The van der Waals surface area contributed by atoms with Gasteiger partial charge in [0.2, 0.25) is 17.7 Å². The van der Waals surface area contributed by atoms with Crippen LogP contribution < -0.4 is 35.6 Å². The average Bonchev–Trinajstić information content (AvgIpc) is 3.92. The molecule has 2 saturated heterocycles. The molecule has 0 spiro atoms. The maximum Gasteiger partial charge on any atom is 0.256 e. The molecule has 15 heteroatoms. The predicted molar refractivity (Wildman–Crippen MR) is 252 cm³/mol. The zero-order chi connectivity index (χ0) is 46.3. The third-order valence-electron chi connectivity index (χ3n) is 12.5. The maximum atomic E-state index is 13.8. The van der Waals surface area contributed by atoms with Crippen LogP contribution in [0.2, 0.25) is 5.02 Å². The molecule has 4 aromatic carbocycles. The molecule has 4 N–H and O–H groups in total. The van der Waals surface area contributed by atoms with Gasteiger partial charge in [0.15, 0.2) is 0 Å². The molecular weight excluding hydrogens is 856 g/mol. The van der Waals surface area contributed by atoms with E-state index in [4.69, 9.17) is 21.1 Å². The number of halogens is 1. The van der Waals surface area contributed by atoms with Crippen molar-refractivity contribution in [3.8, 4) is 39.8 Å². The first kappa shape index (κ1) is 45.8. The van der Waals surface area contributed by atoms with Crippen molar-refractivity contribution in [2.45, 2.75) is 71.4 Å². The van der Waals surface area contributed by atoms with E-state index < -0.39 is 0 Å². The van der Waals surface area contributed by atoms with Gasteiger partial charge in [0, 0.05) is 98.8 Å². The Kier molecular flexibility index (Phi) is 14.3. The Hall–Kier alpha value is -6.79. The fraction of sp³-hybridized carbons (Fsp3) is 0.333. The van der Waals surface area contributed by atoms with Gasteiger partial charge in [-0.15, -0.1) is 0 Å². The molecule has 0 radical (unpaired) electrons. The number of aromatic nitrogens is 1. The van der Waals surface area contributed by atoms with Crippen LogP contribution in [0, 0.1) is 25.2 Å². The summed E-state index contributed by atoms with van der Waals surface area (Å²) in [6, 6.07) is 25.6. The van der Waals surface area contributed by atoms with Crippen molar-refractivity contribution in [2.24, 2.45) is 0 Å². The molecule has 0 unspecified atom stereocenters. The highest BCUT2D eigenvalue weighted by Gasteiger charge is 2.31. The number of amides is 4. The minimum Gasteiger partial charge on any atom is -0.489 e. The summed E-state index contributed by atoms with van der Waals surface area (Å²) in [5.74, 6) is 1.04. The number of carbonyl (C=O) groups is 4. The van der Waals surface area contributed by atoms with Crippen molar-refractivity contribution < 1.29 is 28.7 Å². The monoisotopic (exact) mass is 908 g/mol. The molecule has 14 nitrogen and oxygen atoms in total. The number of hydrogen-bond donors (Lipinski definition) is 4.